The van der Waals surface area contributed by atoms with Crippen LogP contribution in [0.4, 0.5) is 5.69 Å². The minimum atomic E-state index is -0.900. The topological polar surface area (TPSA) is 98.2 Å². The predicted molar refractivity (Wildman–Crippen MR) is 111 cm³/mol. The van der Waals surface area contributed by atoms with Gasteiger partial charge in [-0.15, -0.1) is 0 Å². The number of carbonyl (C=O) groups is 2. The van der Waals surface area contributed by atoms with Gasteiger partial charge in [0.2, 0.25) is 0 Å². The van der Waals surface area contributed by atoms with Crippen LogP contribution in [0.5, 0.6) is 17.2 Å². The first kappa shape index (κ1) is 21.7. The van der Waals surface area contributed by atoms with Gasteiger partial charge in [0, 0.05) is 0 Å². The number of rotatable bonds is 9. The van der Waals surface area contributed by atoms with Gasteiger partial charge in [-0.3, -0.25) is 9.59 Å². The van der Waals surface area contributed by atoms with Crippen molar-refractivity contribution in [3.8, 4) is 17.2 Å². The highest BCUT2D eigenvalue weighted by molar-refractivity contribution is 6.39. The summed E-state index contributed by atoms with van der Waals surface area (Å²) in [5, 5.41) is 6.33. The maximum absolute atomic E-state index is 12.1. The quantitative estimate of drug-likeness (QED) is 0.384. The molecule has 2 amide bonds. The Morgan fingerprint density at radius 2 is 1.52 bits per heavy atom. The van der Waals surface area contributed by atoms with Crippen LogP contribution in [0.2, 0.25) is 0 Å². The van der Waals surface area contributed by atoms with Gasteiger partial charge in [-0.2, -0.15) is 5.10 Å². The van der Waals surface area contributed by atoms with Gasteiger partial charge in [0.1, 0.15) is 5.75 Å². The highest BCUT2D eigenvalue weighted by atomic mass is 16.5. The minimum Gasteiger partial charge on any atom is -0.492 e. The average molecular weight is 399 g/mol. The molecule has 8 nitrogen and oxygen atoms in total. The van der Waals surface area contributed by atoms with Crippen LogP contribution < -0.4 is 25.0 Å². The van der Waals surface area contributed by atoms with Crippen LogP contribution in [0.15, 0.2) is 47.6 Å². The van der Waals surface area contributed by atoms with Gasteiger partial charge in [0.15, 0.2) is 11.5 Å². The Bertz CT molecular complexity index is 867. The average Bonchev–Trinajstić information content (AvgIpc) is 2.71. The van der Waals surface area contributed by atoms with Crippen molar-refractivity contribution in [1.82, 2.24) is 5.43 Å². The standard InChI is InChI=1S/C21H25N3O5/c1-4-27-17-10-8-7-9-16(17)23-20(25)21(26)24-22-14-15-11-12-18(28-5-2)19(13-15)29-6-3/h7-14H,4-6H2,1-3H3,(H,23,25)(H,24,26)/b22-14-. The number of nitrogens with zero attached hydrogens (tertiary/aromatic N) is 1. The second-order valence-electron chi connectivity index (χ2n) is 5.65. The zero-order valence-electron chi connectivity index (χ0n) is 16.7. The fourth-order valence-corrected chi connectivity index (χ4v) is 2.39. The summed E-state index contributed by atoms with van der Waals surface area (Å²) in [5.41, 5.74) is 3.29. The van der Waals surface area contributed by atoms with Crippen molar-refractivity contribution in [2.75, 3.05) is 25.1 Å². The lowest BCUT2D eigenvalue weighted by molar-refractivity contribution is -0.136. The maximum Gasteiger partial charge on any atom is 0.329 e. The summed E-state index contributed by atoms with van der Waals surface area (Å²) in [4.78, 5) is 24.1. The molecule has 2 aromatic carbocycles. The minimum absolute atomic E-state index is 0.409. The van der Waals surface area contributed by atoms with E-state index in [0.717, 1.165) is 0 Å². The smallest absolute Gasteiger partial charge is 0.329 e. The number of amides is 2. The zero-order valence-corrected chi connectivity index (χ0v) is 16.7. The summed E-state index contributed by atoms with van der Waals surface area (Å²) in [6, 6.07) is 12.1. The van der Waals surface area contributed by atoms with E-state index in [4.69, 9.17) is 14.2 Å². The molecule has 0 atom stereocenters. The monoisotopic (exact) mass is 399 g/mol. The molecule has 8 heteroatoms. The van der Waals surface area contributed by atoms with Gasteiger partial charge in [-0.05, 0) is 56.7 Å². The second kappa shape index (κ2) is 11.3. The number of hydrogen-bond acceptors (Lipinski definition) is 6. The summed E-state index contributed by atoms with van der Waals surface area (Å²) >= 11 is 0. The molecule has 0 spiro atoms. The molecule has 2 N–H and O–H groups in total. The van der Waals surface area contributed by atoms with Crippen LogP contribution in [0.3, 0.4) is 0 Å². The first-order valence-corrected chi connectivity index (χ1v) is 9.34. The van der Waals surface area contributed by atoms with E-state index in [2.05, 4.69) is 15.8 Å². The third-order valence-electron chi connectivity index (χ3n) is 3.59. The molecule has 0 heterocycles. The number of benzene rings is 2. The van der Waals surface area contributed by atoms with Gasteiger partial charge in [-0.25, -0.2) is 5.43 Å². The molecule has 0 unspecified atom stereocenters. The van der Waals surface area contributed by atoms with Crippen LogP contribution in [-0.4, -0.2) is 37.8 Å². The van der Waals surface area contributed by atoms with E-state index in [-0.39, 0.29) is 0 Å². The molecule has 0 fully saturated rings. The molecule has 0 aliphatic heterocycles. The molecule has 0 aliphatic carbocycles. The van der Waals surface area contributed by atoms with Crippen LogP contribution in [0, 0.1) is 0 Å². The third-order valence-corrected chi connectivity index (χ3v) is 3.59. The molecule has 2 aromatic rings. The largest absolute Gasteiger partial charge is 0.492 e. The van der Waals surface area contributed by atoms with Crippen LogP contribution in [0.1, 0.15) is 26.3 Å². The fraction of sp³-hybridized carbons (Fsp3) is 0.286. The Kier molecular flexibility index (Phi) is 8.50. The zero-order chi connectivity index (χ0) is 21.1. The van der Waals surface area contributed by atoms with Crippen molar-refractivity contribution in [2.45, 2.75) is 20.8 Å². The number of nitrogens with one attached hydrogen (secondary N) is 2. The van der Waals surface area contributed by atoms with E-state index in [1.54, 1.807) is 42.5 Å². The number of hydrogen-bond donors (Lipinski definition) is 2. The van der Waals surface area contributed by atoms with E-state index < -0.39 is 11.8 Å². The molecule has 0 saturated heterocycles. The number of carbonyl (C=O) groups excluding carboxylic acids is 2. The summed E-state index contributed by atoms with van der Waals surface area (Å²) in [6.07, 6.45) is 1.41. The third kappa shape index (κ3) is 6.53. The first-order valence-electron chi connectivity index (χ1n) is 9.34. The van der Waals surface area contributed by atoms with E-state index in [0.29, 0.717) is 48.3 Å². The lowest BCUT2D eigenvalue weighted by Gasteiger charge is -2.11. The Labute approximate surface area is 169 Å². The predicted octanol–water partition coefficient (Wildman–Crippen LogP) is 2.97. The van der Waals surface area contributed by atoms with Gasteiger partial charge in [0.05, 0.1) is 31.7 Å². The van der Waals surface area contributed by atoms with Gasteiger partial charge in [0.25, 0.3) is 0 Å². The molecule has 0 radical (unpaired) electrons. The Hall–Kier alpha value is -3.55. The lowest BCUT2D eigenvalue weighted by atomic mass is 10.2. The lowest BCUT2D eigenvalue weighted by Crippen LogP contribution is -2.32. The molecular weight excluding hydrogens is 374 g/mol. The Morgan fingerprint density at radius 1 is 0.862 bits per heavy atom. The summed E-state index contributed by atoms with van der Waals surface area (Å²) < 4.78 is 16.5. The summed E-state index contributed by atoms with van der Waals surface area (Å²) in [6.45, 7) is 7.04. The van der Waals surface area contributed by atoms with Gasteiger partial charge in [-0.1, -0.05) is 12.1 Å². The highest BCUT2D eigenvalue weighted by Gasteiger charge is 2.15. The molecule has 0 aliphatic rings. The highest BCUT2D eigenvalue weighted by Crippen LogP contribution is 2.28. The van der Waals surface area contributed by atoms with Crippen molar-refractivity contribution in [1.29, 1.82) is 0 Å². The fourth-order valence-electron chi connectivity index (χ4n) is 2.39. The van der Waals surface area contributed by atoms with Crippen molar-refractivity contribution in [3.63, 3.8) is 0 Å². The second-order valence-corrected chi connectivity index (χ2v) is 5.65. The number of ether oxygens (including phenoxy) is 3. The summed E-state index contributed by atoms with van der Waals surface area (Å²) in [5.74, 6) is -0.0604. The number of para-hydroxylation sites is 2. The molecule has 2 rings (SSSR count). The van der Waals surface area contributed by atoms with Crippen molar-refractivity contribution in [3.05, 3.63) is 48.0 Å². The molecule has 154 valence electrons. The van der Waals surface area contributed by atoms with Crippen LogP contribution in [-0.2, 0) is 9.59 Å². The van der Waals surface area contributed by atoms with Crippen molar-refractivity contribution < 1.29 is 23.8 Å². The van der Waals surface area contributed by atoms with Crippen molar-refractivity contribution >= 4 is 23.7 Å². The Balaban J connectivity index is 1.98. The molecule has 0 saturated carbocycles. The molecular formula is C21H25N3O5. The maximum atomic E-state index is 12.1. The van der Waals surface area contributed by atoms with Gasteiger partial charge >= 0.3 is 11.8 Å². The summed E-state index contributed by atoms with van der Waals surface area (Å²) in [7, 11) is 0. The number of hydrazone groups is 1. The Morgan fingerprint density at radius 3 is 2.24 bits per heavy atom. The SMILES string of the molecule is CCOc1ccccc1NC(=O)C(=O)N/N=C\c1ccc(OCC)c(OCC)c1. The van der Waals surface area contributed by atoms with E-state index in [1.165, 1.54) is 6.21 Å². The molecule has 0 aromatic heterocycles. The van der Waals surface area contributed by atoms with Gasteiger partial charge < -0.3 is 19.5 Å². The first-order chi connectivity index (χ1) is 14.1. The molecule has 29 heavy (non-hydrogen) atoms. The van der Waals surface area contributed by atoms with E-state index in [1.807, 2.05) is 20.8 Å². The van der Waals surface area contributed by atoms with Crippen LogP contribution >= 0.6 is 0 Å². The molecule has 0 bridgehead atoms. The number of anilines is 1. The normalized spacial score (nSPS) is 10.4. The van der Waals surface area contributed by atoms with Crippen LogP contribution in [0.25, 0.3) is 0 Å². The van der Waals surface area contributed by atoms with Crippen molar-refractivity contribution in [2.24, 2.45) is 5.10 Å². The van der Waals surface area contributed by atoms with E-state index >= 15 is 0 Å². The van der Waals surface area contributed by atoms with E-state index in [9.17, 15) is 9.59 Å².